The van der Waals surface area contributed by atoms with Crippen molar-refractivity contribution in [3.8, 4) is 29.4 Å². The number of phenols is 1. The van der Waals surface area contributed by atoms with Gasteiger partial charge in [0.2, 0.25) is 17.7 Å². The minimum absolute atomic E-state index is 0.0374. The molecular formula is C52H71N11O5. The molecule has 3 amide bonds. The highest BCUT2D eigenvalue weighted by molar-refractivity contribution is 5.93. The number of likely N-dealkylation sites (tertiary alicyclic amines) is 4. The van der Waals surface area contributed by atoms with Crippen molar-refractivity contribution in [2.45, 2.75) is 115 Å². The topological polar surface area (TPSA) is 173 Å². The van der Waals surface area contributed by atoms with E-state index in [2.05, 4.69) is 62.6 Å². The number of aliphatic hydroxyl groups is 1. The molecule has 4 atom stereocenters. The van der Waals surface area contributed by atoms with Gasteiger partial charge in [-0.3, -0.25) is 24.2 Å². The molecule has 2 aromatic carbocycles. The van der Waals surface area contributed by atoms with E-state index in [1.54, 1.807) is 6.07 Å². The maximum atomic E-state index is 14.1. The number of anilines is 2. The third-order valence-electron chi connectivity index (χ3n) is 15.6. The summed E-state index contributed by atoms with van der Waals surface area (Å²) in [5.41, 5.74) is 3.47. The lowest BCUT2D eigenvalue weighted by atomic mass is 9.85. The summed E-state index contributed by atoms with van der Waals surface area (Å²) in [6.07, 6.45) is 11.6. The Kier molecular flexibility index (Phi) is 14.6. The van der Waals surface area contributed by atoms with E-state index in [4.69, 9.17) is 6.42 Å². The number of nitrogens with one attached hydrogen (secondary N) is 3. The van der Waals surface area contributed by atoms with Crippen LogP contribution in [0.5, 0.6) is 5.75 Å². The van der Waals surface area contributed by atoms with Gasteiger partial charge in [-0.15, -0.1) is 16.6 Å². The number of carbonyl (C=O) groups is 3. The third-order valence-corrected chi connectivity index (χ3v) is 15.6. The minimum Gasteiger partial charge on any atom is -0.507 e. The smallest absolute Gasteiger partial charge is 0.246 e. The maximum absolute atomic E-state index is 14.1. The molecule has 6 aliphatic heterocycles. The van der Waals surface area contributed by atoms with Crippen molar-refractivity contribution in [1.82, 2.24) is 45.3 Å². The molecule has 1 aromatic heterocycles. The molecule has 0 aliphatic carbocycles. The van der Waals surface area contributed by atoms with Crippen LogP contribution in [0.3, 0.4) is 0 Å². The number of nitrogens with zero attached hydrogens (tertiary/aromatic N) is 8. The van der Waals surface area contributed by atoms with Crippen LogP contribution in [-0.4, -0.2) is 184 Å². The van der Waals surface area contributed by atoms with Gasteiger partial charge in [0, 0.05) is 88.0 Å². The molecule has 16 heteroatoms. The highest BCUT2D eigenvalue weighted by Crippen LogP contribution is 2.37. The average molecular weight is 930 g/mol. The number of terminal acetylenes is 1. The Hall–Kier alpha value is -5.31. The van der Waals surface area contributed by atoms with E-state index >= 15 is 0 Å². The molecule has 16 nitrogen and oxygen atoms in total. The molecule has 68 heavy (non-hydrogen) atoms. The zero-order chi connectivity index (χ0) is 47.5. The number of aromatic hydroxyl groups is 1. The Morgan fingerprint density at radius 1 is 0.824 bits per heavy atom. The van der Waals surface area contributed by atoms with Gasteiger partial charge in [-0.05, 0) is 106 Å². The number of aromatic nitrogens is 2. The van der Waals surface area contributed by atoms with Crippen LogP contribution < -0.4 is 20.9 Å². The molecule has 5 saturated heterocycles. The van der Waals surface area contributed by atoms with Crippen LogP contribution in [0.4, 0.5) is 11.5 Å². The molecule has 5 fully saturated rings. The lowest BCUT2D eigenvalue weighted by Gasteiger charge is -2.50. The van der Waals surface area contributed by atoms with Crippen LogP contribution in [0.15, 0.2) is 54.6 Å². The second-order valence-corrected chi connectivity index (χ2v) is 21.1. The monoisotopic (exact) mass is 930 g/mol. The number of fused-ring (bicyclic) bond motifs is 3. The van der Waals surface area contributed by atoms with Crippen LogP contribution in [0, 0.1) is 17.8 Å². The number of hydrogen-bond acceptors (Lipinski definition) is 13. The fourth-order valence-corrected chi connectivity index (χ4v) is 11.7. The lowest BCUT2D eigenvalue weighted by molar-refractivity contribution is -0.144. The lowest BCUT2D eigenvalue weighted by Crippen LogP contribution is -2.61. The number of piperazine rings is 1. The summed E-state index contributed by atoms with van der Waals surface area (Å²) in [5, 5.41) is 39.5. The number of β-amino-alcohol motifs (C(OH)–C–C–N with tert-alkyl or cyclic N) is 1. The van der Waals surface area contributed by atoms with E-state index in [1.165, 1.54) is 30.6 Å². The van der Waals surface area contributed by atoms with Gasteiger partial charge in [0.15, 0.2) is 5.82 Å². The van der Waals surface area contributed by atoms with E-state index in [9.17, 15) is 24.6 Å². The van der Waals surface area contributed by atoms with Crippen LogP contribution in [0.2, 0.25) is 0 Å². The average Bonchev–Trinajstić information content (AvgIpc) is 3.76. The Morgan fingerprint density at radius 3 is 2.12 bits per heavy atom. The number of benzene rings is 2. The van der Waals surface area contributed by atoms with Gasteiger partial charge in [0.25, 0.3) is 0 Å². The van der Waals surface area contributed by atoms with Crippen LogP contribution in [0.25, 0.3) is 11.3 Å². The summed E-state index contributed by atoms with van der Waals surface area (Å²) in [6, 6.07) is 17.2. The SMILES string of the molecule is C#Cc1ccc(CNC(=O)[C@@H]2C[C@@H](O)CN2C(=O)[C@@H](NC(=O)CN2CCC(N3CCC(N4CCC(N5CCN6c7cc(-c8ccccc8O)nnc7NC[C@H]6C5)CC4)CC3)CC2)C(C)(C)C)cc1. The van der Waals surface area contributed by atoms with Crippen molar-refractivity contribution in [3.63, 3.8) is 0 Å². The van der Waals surface area contributed by atoms with Gasteiger partial charge in [-0.1, -0.05) is 51.0 Å². The number of hydrogen-bond donors (Lipinski definition) is 5. The standard InChI is InChI=1S/C52H71N11O5/c1-5-35-10-12-36(13-11-35)30-54-50(67)45-28-41(64)33-63(45)51(68)48(52(2,3)4)55-47(66)34-58-20-14-37(15-21-58)59-22-16-38(17-23-59)60-24-18-39(19-25-60)61-26-27-62-40(32-61)31-53-49-44(62)29-43(56-57-49)42-8-6-7-9-46(42)65/h1,6-13,29,37-41,45,48,64-65H,14-28,30-34H2,2-4H3,(H,53,57)(H,54,67)(H,55,66)/t40-,41+,45-,48+/m0/s1. The highest BCUT2D eigenvalue weighted by Gasteiger charge is 2.45. The second kappa shape index (κ2) is 20.7. The van der Waals surface area contributed by atoms with Gasteiger partial charge in [-0.25, -0.2) is 0 Å². The Balaban J connectivity index is 0.690. The molecule has 0 radical (unpaired) electrons. The van der Waals surface area contributed by atoms with Gasteiger partial charge < -0.3 is 45.8 Å². The zero-order valence-corrected chi connectivity index (χ0v) is 40.2. The van der Waals surface area contributed by atoms with Gasteiger partial charge in [0.1, 0.15) is 17.8 Å². The molecule has 0 saturated carbocycles. The van der Waals surface area contributed by atoms with Crippen molar-refractivity contribution in [1.29, 1.82) is 0 Å². The highest BCUT2D eigenvalue weighted by atomic mass is 16.3. The molecular weight excluding hydrogens is 859 g/mol. The minimum atomic E-state index is -0.857. The summed E-state index contributed by atoms with van der Waals surface area (Å²) >= 11 is 0. The van der Waals surface area contributed by atoms with Crippen molar-refractivity contribution in [2.75, 3.05) is 88.8 Å². The van der Waals surface area contributed by atoms with Crippen molar-refractivity contribution >= 4 is 29.2 Å². The van der Waals surface area contributed by atoms with Gasteiger partial charge >= 0.3 is 0 Å². The molecule has 0 unspecified atom stereocenters. The van der Waals surface area contributed by atoms with Crippen LogP contribution in [0.1, 0.15) is 76.8 Å². The normalized spacial score (nSPS) is 24.4. The summed E-state index contributed by atoms with van der Waals surface area (Å²) in [5.74, 6) is 2.73. The van der Waals surface area contributed by atoms with Gasteiger partial charge in [-0.2, -0.15) is 0 Å². The summed E-state index contributed by atoms with van der Waals surface area (Å²) < 4.78 is 0. The van der Waals surface area contributed by atoms with Gasteiger partial charge in [0.05, 0.1) is 30.1 Å². The first-order valence-electron chi connectivity index (χ1n) is 25.0. The number of para-hydroxylation sites is 1. The Bertz CT molecular complexity index is 2290. The molecule has 3 aromatic rings. The molecule has 6 aliphatic rings. The predicted molar refractivity (Wildman–Crippen MR) is 263 cm³/mol. The van der Waals surface area contributed by atoms with E-state index in [0.717, 1.165) is 101 Å². The largest absolute Gasteiger partial charge is 0.507 e. The Morgan fingerprint density at radius 2 is 1.47 bits per heavy atom. The fourth-order valence-electron chi connectivity index (χ4n) is 11.7. The van der Waals surface area contributed by atoms with Crippen molar-refractivity contribution in [3.05, 3.63) is 65.7 Å². The van der Waals surface area contributed by atoms with Crippen molar-refractivity contribution < 1.29 is 24.6 Å². The predicted octanol–water partition coefficient (Wildman–Crippen LogP) is 2.95. The first kappa shape index (κ1) is 47.7. The molecule has 5 N–H and O–H groups in total. The number of rotatable bonds is 11. The number of phenolic OH excluding ortho intramolecular Hbond substituents is 1. The molecule has 7 heterocycles. The van der Waals surface area contributed by atoms with E-state index in [1.807, 2.05) is 63.2 Å². The number of aliphatic hydroxyl groups excluding tert-OH is 1. The second-order valence-electron chi connectivity index (χ2n) is 21.1. The zero-order valence-electron chi connectivity index (χ0n) is 40.2. The number of piperidine rings is 3. The number of carbonyl (C=O) groups excluding carboxylic acids is 3. The number of amides is 3. The summed E-state index contributed by atoms with van der Waals surface area (Å²) in [7, 11) is 0. The van der Waals surface area contributed by atoms with E-state index in [-0.39, 0.29) is 49.5 Å². The Labute approximate surface area is 401 Å². The summed E-state index contributed by atoms with van der Waals surface area (Å²) in [6.45, 7) is 16.3. The quantitative estimate of drug-likeness (QED) is 0.178. The summed E-state index contributed by atoms with van der Waals surface area (Å²) in [4.78, 5) is 55.5. The van der Waals surface area contributed by atoms with Crippen molar-refractivity contribution in [2.24, 2.45) is 5.41 Å². The molecule has 364 valence electrons. The van der Waals surface area contributed by atoms with E-state index in [0.29, 0.717) is 35.4 Å². The molecule has 0 bridgehead atoms. The molecule has 0 spiro atoms. The van der Waals surface area contributed by atoms with Crippen LogP contribution in [-0.2, 0) is 20.9 Å². The van der Waals surface area contributed by atoms with Crippen LogP contribution >= 0.6 is 0 Å². The first-order valence-corrected chi connectivity index (χ1v) is 25.0. The maximum Gasteiger partial charge on any atom is 0.246 e. The molecule has 9 rings (SSSR count). The fraction of sp³-hybridized carbons (Fsp3) is 0.596. The third kappa shape index (κ3) is 10.8. The first-order chi connectivity index (χ1) is 32.8. The van der Waals surface area contributed by atoms with E-state index < -0.39 is 23.6 Å².